The second-order valence-corrected chi connectivity index (χ2v) is 19.0. The molecule has 61 heavy (non-hydrogen) atoms. The molecule has 0 saturated carbocycles. The molecule has 0 aliphatic rings. The van der Waals surface area contributed by atoms with Gasteiger partial charge in [0.15, 0.2) is 0 Å². The van der Waals surface area contributed by atoms with Gasteiger partial charge in [-0.15, -0.1) is 0 Å². The van der Waals surface area contributed by atoms with Gasteiger partial charge in [-0.25, -0.2) is 0 Å². The number of unbranched alkanes of at least 4 members (excludes halogenated alkanes) is 38. The molecule has 0 aromatic rings. The minimum atomic E-state index is -0.657. The molecule has 360 valence electrons. The molecule has 1 amide bonds. The zero-order valence-electron chi connectivity index (χ0n) is 41.4. The third kappa shape index (κ3) is 49.5. The predicted molar refractivity (Wildman–Crippen MR) is 272 cm³/mol. The summed E-state index contributed by atoms with van der Waals surface area (Å²) < 4.78 is 0. The lowest BCUT2D eigenvalue weighted by Gasteiger charge is -2.22. The van der Waals surface area contributed by atoms with Crippen LogP contribution in [0.5, 0.6) is 0 Å². The number of aliphatic hydroxyl groups is 2. The van der Waals surface area contributed by atoms with E-state index in [4.69, 9.17) is 0 Å². The largest absolute Gasteiger partial charge is 0.394 e. The summed E-state index contributed by atoms with van der Waals surface area (Å²) in [6.07, 6.45) is 71.3. The Morgan fingerprint density at radius 2 is 0.672 bits per heavy atom. The highest BCUT2D eigenvalue weighted by Gasteiger charge is 2.20. The fourth-order valence-corrected chi connectivity index (χ4v) is 8.66. The number of rotatable bonds is 51. The Bertz CT molecular complexity index is 928. The van der Waals surface area contributed by atoms with E-state index in [0.717, 1.165) is 38.5 Å². The Morgan fingerprint density at radius 3 is 1.00 bits per heavy atom. The second kappa shape index (κ2) is 53.0. The van der Waals surface area contributed by atoms with Gasteiger partial charge >= 0.3 is 0 Å². The van der Waals surface area contributed by atoms with E-state index in [2.05, 4.69) is 55.6 Å². The lowest BCUT2D eigenvalue weighted by Crippen LogP contribution is -2.45. The van der Waals surface area contributed by atoms with Crippen molar-refractivity contribution in [1.82, 2.24) is 5.32 Å². The van der Waals surface area contributed by atoms with E-state index >= 15 is 0 Å². The standard InChI is InChI=1S/C57H109NO3/c1-3-5-7-9-11-13-15-17-19-20-21-22-23-24-25-26-27-28-29-30-31-32-33-34-35-36-37-38-39-41-43-45-47-49-51-53-57(61)58-55(54-59)56(60)52-50-48-46-44-42-40-18-16-14-12-10-8-6-4-2/h15,17,20-21,23-24,55-56,59-60H,3-14,16,18-19,22,25-54H2,1-2H3,(H,58,61)/b17-15-,21-20-,24-23-. The van der Waals surface area contributed by atoms with Gasteiger partial charge in [0.1, 0.15) is 0 Å². The van der Waals surface area contributed by atoms with Gasteiger partial charge in [0.2, 0.25) is 5.91 Å². The molecule has 0 aromatic carbocycles. The SMILES string of the molecule is CCCCCCC/C=C\C/C=C\C/C=C\CCCCCCCCCCCCCCCCCCCCCCC(=O)NC(CO)C(O)CCCCCCCCCCCCCCCC. The van der Waals surface area contributed by atoms with Gasteiger partial charge in [-0.05, 0) is 51.4 Å². The van der Waals surface area contributed by atoms with Crippen molar-refractivity contribution >= 4 is 5.91 Å². The van der Waals surface area contributed by atoms with Crippen LogP contribution in [0.25, 0.3) is 0 Å². The normalized spacial score (nSPS) is 13.0. The number of carbonyl (C=O) groups excluding carboxylic acids is 1. The number of hydrogen-bond donors (Lipinski definition) is 3. The van der Waals surface area contributed by atoms with Crippen LogP contribution in [0.2, 0.25) is 0 Å². The Labute approximate surface area is 382 Å². The molecule has 0 bridgehead atoms. The summed E-state index contributed by atoms with van der Waals surface area (Å²) in [5.41, 5.74) is 0. The number of aliphatic hydroxyl groups excluding tert-OH is 2. The first-order valence-corrected chi connectivity index (χ1v) is 27.7. The number of hydrogen-bond acceptors (Lipinski definition) is 3. The molecule has 2 unspecified atom stereocenters. The lowest BCUT2D eigenvalue weighted by atomic mass is 10.0. The van der Waals surface area contributed by atoms with Crippen LogP contribution in [0, 0.1) is 0 Å². The molecular formula is C57H109NO3. The molecule has 4 nitrogen and oxygen atoms in total. The first-order chi connectivity index (χ1) is 30.2. The first-order valence-electron chi connectivity index (χ1n) is 27.7. The average Bonchev–Trinajstić information content (AvgIpc) is 3.26. The Morgan fingerprint density at radius 1 is 0.393 bits per heavy atom. The van der Waals surface area contributed by atoms with Crippen LogP contribution >= 0.6 is 0 Å². The van der Waals surface area contributed by atoms with E-state index in [-0.39, 0.29) is 12.5 Å². The molecule has 0 rings (SSSR count). The Kier molecular flexibility index (Phi) is 51.7. The zero-order valence-corrected chi connectivity index (χ0v) is 41.4. The van der Waals surface area contributed by atoms with E-state index < -0.39 is 12.1 Å². The minimum absolute atomic E-state index is 0.0271. The van der Waals surface area contributed by atoms with E-state index in [1.165, 1.54) is 238 Å². The monoisotopic (exact) mass is 856 g/mol. The summed E-state index contributed by atoms with van der Waals surface area (Å²) in [5.74, 6) is -0.0271. The summed E-state index contributed by atoms with van der Waals surface area (Å²) in [6, 6.07) is -0.534. The molecule has 2 atom stereocenters. The van der Waals surface area contributed by atoms with Crippen LogP contribution in [0.3, 0.4) is 0 Å². The van der Waals surface area contributed by atoms with Crippen LogP contribution in [-0.2, 0) is 4.79 Å². The van der Waals surface area contributed by atoms with Gasteiger partial charge in [-0.3, -0.25) is 4.79 Å². The lowest BCUT2D eigenvalue weighted by molar-refractivity contribution is -0.123. The Balaban J connectivity index is 3.40. The van der Waals surface area contributed by atoms with Gasteiger partial charge < -0.3 is 15.5 Å². The van der Waals surface area contributed by atoms with E-state index in [1.807, 2.05) is 0 Å². The van der Waals surface area contributed by atoms with Gasteiger partial charge in [-0.1, -0.05) is 281 Å². The second-order valence-electron chi connectivity index (χ2n) is 19.0. The molecule has 0 radical (unpaired) electrons. The summed E-state index contributed by atoms with van der Waals surface area (Å²) in [7, 11) is 0. The summed E-state index contributed by atoms with van der Waals surface area (Å²) in [6.45, 7) is 4.36. The highest BCUT2D eigenvalue weighted by molar-refractivity contribution is 5.76. The van der Waals surface area contributed by atoms with Crippen molar-refractivity contribution in [3.8, 4) is 0 Å². The summed E-state index contributed by atoms with van der Waals surface area (Å²) in [4.78, 5) is 12.5. The van der Waals surface area contributed by atoms with E-state index in [9.17, 15) is 15.0 Å². The highest BCUT2D eigenvalue weighted by atomic mass is 16.3. The smallest absolute Gasteiger partial charge is 0.220 e. The third-order valence-electron chi connectivity index (χ3n) is 12.9. The molecule has 0 spiro atoms. The molecule has 3 N–H and O–H groups in total. The van der Waals surface area contributed by atoms with Crippen LogP contribution < -0.4 is 5.32 Å². The number of carbonyl (C=O) groups is 1. The highest BCUT2D eigenvalue weighted by Crippen LogP contribution is 2.17. The first kappa shape index (κ1) is 59.6. The molecule has 0 heterocycles. The molecular weight excluding hydrogens is 747 g/mol. The van der Waals surface area contributed by atoms with Gasteiger partial charge in [0.05, 0.1) is 18.8 Å². The number of amides is 1. The third-order valence-corrected chi connectivity index (χ3v) is 12.9. The molecule has 0 aromatic heterocycles. The maximum atomic E-state index is 12.5. The predicted octanol–water partition coefficient (Wildman–Crippen LogP) is 18.1. The molecule has 0 saturated heterocycles. The maximum Gasteiger partial charge on any atom is 0.220 e. The van der Waals surface area contributed by atoms with Crippen LogP contribution in [-0.4, -0.2) is 34.9 Å². The van der Waals surface area contributed by atoms with E-state index in [1.54, 1.807) is 0 Å². The topological polar surface area (TPSA) is 69.6 Å². The summed E-state index contributed by atoms with van der Waals surface area (Å²) >= 11 is 0. The fourth-order valence-electron chi connectivity index (χ4n) is 8.66. The van der Waals surface area contributed by atoms with Crippen molar-refractivity contribution in [3.63, 3.8) is 0 Å². The molecule has 0 fully saturated rings. The maximum absolute atomic E-state index is 12.5. The van der Waals surface area contributed by atoms with Crippen molar-refractivity contribution in [2.75, 3.05) is 6.61 Å². The quantitative estimate of drug-likeness (QED) is 0.0422. The minimum Gasteiger partial charge on any atom is -0.394 e. The van der Waals surface area contributed by atoms with Crippen LogP contribution in [0.1, 0.15) is 303 Å². The van der Waals surface area contributed by atoms with Crippen molar-refractivity contribution < 1.29 is 15.0 Å². The summed E-state index contributed by atoms with van der Waals surface area (Å²) in [5, 5.41) is 23.3. The van der Waals surface area contributed by atoms with Crippen molar-refractivity contribution in [3.05, 3.63) is 36.5 Å². The van der Waals surface area contributed by atoms with Crippen LogP contribution in [0.15, 0.2) is 36.5 Å². The molecule has 0 aliphatic carbocycles. The van der Waals surface area contributed by atoms with Crippen molar-refractivity contribution in [2.24, 2.45) is 0 Å². The van der Waals surface area contributed by atoms with Crippen molar-refractivity contribution in [1.29, 1.82) is 0 Å². The zero-order chi connectivity index (χ0) is 44.2. The van der Waals surface area contributed by atoms with Gasteiger partial charge in [0, 0.05) is 6.42 Å². The van der Waals surface area contributed by atoms with E-state index in [0.29, 0.717) is 12.8 Å². The van der Waals surface area contributed by atoms with Crippen LogP contribution in [0.4, 0.5) is 0 Å². The number of allylic oxidation sites excluding steroid dienone is 6. The Hall–Kier alpha value is -1.39. The molecule has 4 heteroatoms. The van der Waals surface area contributed by atoms with Gasteiger partial charge in [-0.2, -0.15) is 0 Å². The molecule has 0 aliphatic heterocycles. The number of nitrogens with one attached hydrogen (secondary N) is 1. The van der Waals surface area contributed by atoms with Crippen molar-refractivity contribution in [2.45, 2.75) is 315 Å². The average molecular weight is 857 g/mol. The van der Waals surface area contributed by atoms with Gasteiger partial charge in [0.25, 0.3) is 0 Å². The fraction of sp³-hybridized carbons (Fsp3) is 0.877.